The molecule has 9 heteroatoms. The summed E-state index contributed by atoms with van der Waals surface area (Å²) in [4.78, 5) is 12.4. The van der Waals surface area contributed by atoms with Crippen molar-refractivity contribution in [2.45, 2.75) is 24.2 Å². The molecule has 0 radical (unpaired) electrons. The molecule has 1 fully saturated rings. The summed E-state index contributed by atoms with van der Waals surface area (Å²) >= 11 is 11.9. The maximum absolute atomic E-state index is 12.8. The molecule has 6 nitrogen and oxygen atoms in total. The third kappa shape index (κ3) is 5.63. The molecule has 2 aromatic rings. The minimum Gasteiger partial charge on any atom is -0.490 e. The molecular weight excluding hydrogens is 437 g/mol. The van der Waals surface area contributed by atoms with Crippen LogP contribution in [-0.4, -0.2) is 45.0 Å². The second-order valence-corrected chi connectivity index (χ2v) is 9.33. The first kappa shape index (κ1) is 21.9. The number of nitrogens with zero attached hydrogens (tertiary/aromatic N) is 1. The predicted octanol–water partition coefficient (Wildman–Crippen LogP) is 4.40. The molecule has 1 saturated heterocycles. The SMILES string of the molecule is O=C(OCCOc1ccc(Cl)cc1)c1cc(S(=O)(=O)N2CCCCC2)ccc1Cl. The van der Waals surface area contributed by atoms with Gasteiger partial charge in [-0.3, -0.25) is 0 Å². The summed E-state index contributed by atoms with van der Waals surface area (Å²) < 4.78 is 37.7. The number of hydrogen-bond acceptors (Lipinski definition) is 5. The lowest BCUT2D eigenvalue weighted by Gasteiger charge is -2.26. The molecule has 0 aliphatic carbocycles. The molecule has 1 aliphatic heterocycles. The van der Waals surface area contributed by atoms with E-state index in [1.165, 1.54) is 22.5 Å². The summed E-state index contributed by atoms with van der Waals surface area (Å²) in [7, 11) is -3.67. The molecule has 0 spiro atoms. The number of halogens is 2. The van der Waals surface area contributed by atoms with E-state index in [-0.39, 0.29) is 28.7 Å². The minimum atomic E-state index is -3.67. The highest BCUT2D eigenvalue weighted by atomic mass is 35.5. The average Bonchev–Trinajstić information content (AvgIpc) is 2.73. The van der Waals surface area contributed by atoms with Crippen LogP contribution in [0.3, 0.4) is 0 Å². The summed E-state index contributed by atoms with van der Waals surface area (Å²) in [5.74, 6) is -0.108. The van der Waals surface area contributed by atoms with Crippen LogP contribution in [0, 0.1) is 0 Å². The topological polar surface area (TPSA) is 72.9 Å². The normalized spacial score (nSPS) is 15.1. The van der Waals surface area contributed by atoms with Crippen LogP contribution in [0.5, 0.6) is 5.75 Å². The van der Waals surface area contributed by atoms with Gasteiger partial charge in [-0.25, -0.2) is 13.2 Å². The van der Waals surface area contributed by atoms with Gasteiger partial charge in [0.25, 0.3) is 0 Å². The van der Waals surface area contributed by atoms with Crippen LogP contribution >= 0.6 is 23.2 Å². The van der Waals surface area contributed by atoms with E-state index in [0.717, 1.165) is 19.3 Å². The Morgan fingerprint density at radius 3 is 2.34 bits per heavy atom. The second kappa shape index (κ2) is 9.80. The van der Waals surface area contributed by atoms with Crippen LogP contribution in [0.4, 0.5) is 0 Å². The fraction of sp³-hybridized carbons (Fsp3) is 0.350. The molecular formula is C20H21Cl2NO5S. The molecule has 2 aromatic carbocycles. The van der Waals surface area contributed by atoms with Crippen LogP contribution in [0.25, 0.3) is 0 Å². The lowest BCUT2D eigenvalue weighted by molar-refractivity contribution is 0.0450. The van der Waals surface area contributed by atoms with Crippen molar-refractivity contribution in [3.63, 3.8) is 0 Å². The number of carbonyl (C=O) groups excluding carboxylic acids is 1. The summed E-state index contributed by atoms with van der Waals surface area (Å²) in [5, 5.41) is 0.726. The lowest BCUT2D eigenvalue weighted by Crippen LogP contribution is -2.35. The lowest BCUT2D eigenvalue weighted by atomic mass is 10.2. The number of piperidine rings is 1. The Balaban J connectivity index is 1.62. The standard InChI is InChI=1S/C20H21Cl2NO5S/c21-15-4-6-16(7-5-15)27-12-13-28-20(24)18-14-17(8-9-19(18)22)29(25,26)23-10-2-1-3-11-23/h4-9,14H,1-3,10-13H2. The first-order chi connectivity index (χ1) is 13.9. The third-order valence-corrected chi connectivity index (χ3v) is 6.99. The summed E-state index contributed by atoms with van der Waals surface area (Å²) in [5.41, 5.74) is 0.0104. The first-order valence-electron chi connectivity index (χ1n) is 9.23. The van der Waals surface area contributed by atoms with Crippen LogP contribution in [-0.2, 0) is 14.8 Å². The smallest absolute Gasteiger partial charge is 0.339 e. The highest BCUT2D eigenvalue weighted by Gasteiger charge is 2.27. The Morgan fingerprint density at radius 2 is 1.66 bits per heavy atom. The molecule has 1 aliphatic rings. The molecule has 0 saturated carbocycles. The molecule has 0 unspecified atom stereocenters. The molecule has 156 valence electrons. The van der Waals surface area contributed by atoms with E-state index in [4.69, 9.17) is 32.7 Å². The van der Waals surface area contributed by atoms with Crippen LogP contribution in [0.1, 0.15) is 29.6 Å². The quantitative estimate of drug-likeness (QED) is 0.454. The average molecular weight is 458 g/mol. The van der Waals surface area contributed by atoms with Crippen molar-refractivity contribution in [1.29, 1.82) is 0 Å². The van der Waals surface area contributed by atoms with Crippen molar-refractivity contribution in [3.8, 4) is 5.75 Å². The van der Waals surface area contributed by atoms with Gasteiger partial charge in [-0.05, 0) is 55.3 Å². The van der Waals surface area contributed by atoms with E-state index in [1.807, 2.05) is 0 Å². The maximum atomic E-state index is 12.8. The summed E-state index contributed by atoms with van der Waals surface area (Å²) in [6.07, 6.45) is 2.67. The largest absolute Gasteiger partial charge is 0.490 e. The van der Waals surface area contributed by atoms with Gasteiger partial charge in [0.2, 0.25) is 10.0 Å². The van der Waals surface area contributed by atoms with Crippen molar-refractivity contribution in [2.75, 3.05) is 26.3 Å². The monoisotopic (exact) mass is 457 g/mol. The molecule has 1 heterocycles. The van der Waals surface area contributed by atoms with E-state index in [9.17, 15) is 13.2 Å². The van der Waals surface area contributed by atoms with E-state index < -0.39 is 16.0 Å². The van der Waals surface area contributed by atoms with Crippen LogP contribution < -0.4 is 4.74 Å². The first-order valence-corrected chi connectivity index (χ1v) is 11.4. The van der Waals surface area contributed by atoms with Gasteiger partial charge >= 0.3 is 5.97 Å². The Kier molecular flexibility index (Phi) is 7.40. The molecule has 3 rings (SSSR count). The van der Waals surface area contributed by atoms with Gasteiger partial charge in [-0.1, -0.05) is 29.6 Å². The second-order valence-electron chi connectivity index (χ2n) is 6.54. The number of sulfonamides is 1. The van der Waals surface area contributed by atoms with Gasteiger partial charge in [0.1, 0.15) is 19.0 Å². The van der Waals surface area contributed by atoms with Crippen molar-refractivity contribution in [1.82, 2.24) is 4.31 Å². The summed E-state index contributed by atoms with van der Waals surface area (Å²) in [6.45, 7) is 1.08. The van der Waals surface area contributed by atoms with Crippen molar-refractivity contribution in [2.24, 2.45) is 0 Å². The zero-order valence-corrected chi connectivity index (χ0v) is 18.0. The van der Waals surface area contributed by atoms with Gasteiger partial charge < -0.3 is 9.47 Å². The Labute approximate surface area is 180 Å². The van der Waals surface area contributed by atoms with E-state index in [2.05, 4.69) is 0 Å². The Bertz CT molecular complexity index is 957. The highest BCUT2D eigenvalue weighted by Crippen LogP contribution is 2.25. The summed E-state index contributed by atoms with van der Waals surface area (Å²) in [6, 6.07) is 10.9. The predicted molar refractivity (Wildman–Crippen MR) is 111 cm³/mol. The minimum absolute atomic E-state index is 0.0104. The van der Waals surface area contributed by atoms with Gasteiger partial charge in [0.05, 0.1) is 15.5 Å². The van der Waals surface area contributed by atoms with Crippen molar-refractivity contribution < 1.29 is 22.7 Å². The number of rotatable bonds is 7. The fourth-order valence-corrected chi connectivity index (χ4v) is 4.84. The van der Waals surface area contributed by atoms with Gasteiger partial charge in [-0.2, -0.15) is 4.31 Å². The van der Waals surface area contributed by atoms with Gasteiger partial charge in [-0.15, -0.1) is 0 Å². The highest BCUT2D eigenvalue weighted by molar-refractivity contribution is 7.89. The number of esters is 1. The zero-order chi connectivity index (χ0) is 20.9. The van der Waals surface area contributed by atoms with E-state index in [1.54, 1.807) is 24.3 Å². The molecule has 0 amide bonds. The van der Waals surface area contributed by atoms with Crippen LogP contribution in [0.2, 0.25) is 10.0 Å². The molecule has 0 atom stereocenters. The van der Waals surface area contributed by atoms with E-state index >= 15 is 0 Å². The van der Waals surface area contributed by atoms with Gasteiger partial charge in [0, 0.05) is 18.1 Å². The van der Waals surface area contributed by atoms with Gasteiger partial charge in [0.15, 0.2) is 0 Å². The maximum Gasteiger partial charge on any atom is 0.339 e. The molecule has 0 bridgehead atoms. The zero-order valence-electron chi connectivity index (χ0n) is 15.6. The number of hydrogen-bond donors (Lipinski definition) is 0. The van der Waals surface area contributed by atoms with Crippen molar-refractivity contribution >= 4 is 39.2 Å². The van der Waals surface area contributed by atoms with Crippen molar-refractivity contribution in [3.05, 3.63) is 58.1 Å². The molecule has 0 aromatic heterocycles. The fourth-order valence-electron chi connectivity index (χ4n) is 2.98. The number of ether oxygens (including phenoxy) is 2. The number of benzene rings is 2. The number of carbonyl (C=O) groups is 1. The third-order valence-electron chi connectivity index (χ3n) is 4.51. The molecule has 29 heavy (non-hydrogen) atoms. The Morgan fingerprint density at radius 1 is 0.966 bits per heavy atom. The van der Waals surface area contributed by atoms with Crippen LogP contribution in [0.15, 0.2) is 47.4 Å². The Hall–Kier alpha value is -1.80. The molecule has 0 N–H and O–H groups in total. The van der Waals surface area contributed by atoms with E-state index in [0.29, 0.717) is 23.9 Å².